The quantitative estimate of drug-likeness (QED) is 0.663. The molecule has 0 fully saturated rings. The van der Waals surface area contributed by atoms with Crippen LogP contribution in [0.2, 0.25) is 5.02 Å². The van der Waals surface area contributed by atoms with E-state index in [4.69, 9.17) is 11.6 Å². The van der Waals surface area contributed by atoms with Gasteiger partial charge in [-0.2, -0.15) is 0 Å². The third-order valence-corrected chi connectivity index (χ3v) is 4.95. The second-order valence-corrected chi connectivity index (χ2v) is 5.99. The number of halogens is 3. The van der Waals surface area contributed by atoms with Gasteiger partial charge in [0.15, 0.2) is 0 Å². The van der Waals surface area contributed by atoms with E-state index in [1.165, 1.54) is 0 Å². The lowest BCUT2D eigenvalue weighted by Crippen LogP contribution is -2.12. The lowest BCUT2D eigenvalue weighted by molar-refractivity contribution is 0.102. The Hall–Kier alpha value is -0.590. The van der Waals surface area contributed by atoms with E-state index in [1.54, 1.807) is 24.3 Å². The van der Waals surface area contributed by atoms with Gasteiger partial charge in [-0.05, 0) is 68.9 Å². The first-order chi connectivity index (χ1) is 8.58. The van der Waals surface area contributed by atoms with Gasteiger partial charge in [-0.15, -0.1) is 0 Å². The third-order valence-electron chi connectivity index (χ3n) is 2.30. The van der Waals surface area contributed by atoms with Crippen LogP contribution in [0.4, 0.5) is 5.69 Å². The van der Waals surface area contributed by atoms with Gasteiger partial charge in [-0.25, -0.2) is 0 Å². The van der Waals surface area contributed by atoms with Crippen molar-refractivity contribution in [2.45, 2.75) is 0 Å². The normalized spacial score (nSPS) is 10.2. The highest BCUT2D eigenvalue weighted by molar-refractivity contribution is 14.1. The summed E-state index contributed by atoms with van der Waals surface area (Å²) in [5.41, 5.74) is 1.21. The first kappa shape index (κ1) is 13.8. The molecule has 0 aliphatic carbocycles. The number of carbonyl (C=O) groups is 1. The Morgan fingerprint density at radius 3 is 2.61 bits per heavy atom. The Bertz CT molecular complexity index is 603. The van der Waals surface area contributed by atoms with Crippen molar-refractivity contribution in [3.8, 4) is 0 Å². The molecule has 0 unspecified atom stereocenters. The minimum atomic E-state index is -0.210. The molecule has 0 bridgehead atoms. The Morgan fingerprint density at radius 1 is 1.22 bits per heavy atom. The van der Waals surface area contributed by atoms with Crippen molar-refractivity contribution in [2.75, 3.05) is 5.32 Å². The highest BCUT2D eigenvalue weighted by atomic mass is 127. The molecule has 0 saturated heterocycles. The van der Waals surface area contributed by atoms with Gasteiger partial charge < -0.3 is 5.32 Å². The fourth-order valence-corrected chi connectivity index (χ4v) is 2.40. The summed E-state index contributed by atoms with van der Waals surface area (Å²) in [4.78, 5) is 12.0. The van der Waals surface area contributed by atoms with Crippen LogP contribution < -0.4 is 5.32 Å². The Balaban J connectivity index is 2.22. The Labute approximate surface area is 132 Å². The number of rotatable bonds is 2. The maximum absolute atomic E-state index is 12.0. The molecule has 1 amide bonds. The second-order valence-electron chi connectivity index (χ2n) is 3.56. The smallest absolute Gasteiger partial charge is 0.257 e. The molecule has 18 heavy (non-hydrogen) atoms. The van der Waals surface area contributed by atoms with Gasteiger partial charge in [0.05, 0.1) is 10.6 Å². The van der Waals surface area contributed by atoms with Crippen molar-refractivity contribution < 1.29 is 4.79 Å². The van der Waals surface area contributed by atoms with Crippen LogP contribution >= 0.6 is 50.1 Å². The number of amides is 1. The van der Waals surface area contributed by atoms with E-state index in [2.05, 4.69) is 43.8 Å². The number of hydrogen-bond donors (Lipinski definition) is 1. The van der Waals surface area contributed by atoms with Crippen LogP contribution in [0.3, 0.4) is 0 Å². The summed E-state index contributed by atoms with van der Waals surface area (Å²) in [5.74, 6) is -0.210. The number of anilines is 1. The molecule has 0 aliphatic heterocycles. The molecular weight excluding hydrogens is 428 g/mol. The van der Waals surface area contributed by atoms with Crippen LogP contribution in [-0.2, 0) is 0 Å². The van der Waals surface area contributed by atoms with Crippen molar-refractivity contribution in [1.29, 1.82) is 0 Å². The highest BCUT2D eigenvalue weighted by Gasteiger charge is 2.10. The van der Waals surface area contributed by atoms with Crippen molar-refractivity contribution >= 4 is 61.7 Å². The molecule has 92 valence electrons. The molecule has 5 heteroatoms. The lowest BCUT2D eigenvalue weighted by atomic mass is 10.2. The van der Waals surface area contributed by atoms with E-state index >= 15 is 0 Å². The monoisotopic (exact) mass is 435 g/mol. The SMILES string of the molecule is O=C(Nc1ccc(Br)c(I)c1)c1ccccc1Cl. The second kappa shape index (κ2) is 6.04. The molecule has 2 aromatic rings. The van der Waals surface area contributed by atoms with Crippen molar-refractivity contribution in [3.63, 3.8) is 0 Å². The van der Waals surface area contributed by atoms with Gasteiger partial charge in [0.25, 0.3) is 5.91 Å². The predicted octanol–water partition coefficient (Wildman–Crippen LogP) is 4.96. The van der Waals surface area contributed by atoms with E-state index in [0.29, 0.717) is 10.6 Å². The summed E-state index contributed by atoms with van der Waals surface area (Å²) in [7, 11) is 0. The van der Waals surface area contributed by atoms with Crippen LogP contribution in [0, 0.1) is 3.57 Å². The first-order valence-electron chi connectivity index (χ1n) is 5.09. The number of hydrogen-bond acceptors (Lipinski definition) is 1. The summed E-state index contributed by atoms with van der Waals surface area (Å²) in [6.07, 6.45) is 0. The van der Waals surface area contributed by atoms with Gasteiger partial charge in [0, 0.05) is 13.7 Å². The zero-order valence-electron chi connectivity index (χ0n) is 9.08. The van der Waals surface area contributed by atoms with E-state index in [9.17, 15) is 4.79 Å². The maximum atomic E-state index is 12.0. The third kappa shape index (κ3) is 3.24. The standard InChI is InChI=1S/C13H8BrClINO/c14-10-6-5-8(7-12(10)16)17-13(18)9-3-1-2-4-11(9)15/h1-7H,(H,17,18). The van der Waals surface area contributed by atoms with Crippen LogP contribution in [0.15, 0.2) is 46.9 Å². The molecule has 1 N–H and O–H groups in total. The summed E-state index contributed by atoms with van der Waals surface area (Å²) < 4.78 is 2.03. The first-order valence-corrected chi connectivity index (χ1v) is 7.34. The average molecular weight is 436 g/mol. The molecule has 0 spiro atoms. The summed E-state index contributed by atoms with van der Waals surface area (Å²) >= 11 is 11.6. The number of nitrogens with one attached hydrogen (secondary N) is 1. The van der Waals surface area contributed by atoms with Gasteiger partial charge in [-0.1, -0.05) is 23.7 Å². The summed E-state index contributed by atoms with van der Waals surface area (Å²) in [6, 6.07) is 12.6. The van der Waals surface area contributed by atoms with Gasteiger partial charge in [-0.3, -0.25) is 4.79 Å². The minimum absolute atomic E-state index is 0.210. The largest absolute Gasteiger partial charge is 0.322 e. The molecule has 0 atom stereocenters. The number of carbonyl (C=O) groups excluding carboxylic acids is 1. The summed E-state index contributed by atoms with van der Waals surface area (Å²) in [5, 5.41) is 3.26. The summed E-state index contributed by atoms with van der Waals surface area (Å²) in [6.45, 7) is 0. The molecule has 0 saturated carbocycles. The molecule has 2 aromatic carbocycles. The molecule has 0 heterocycles. The van der Waals surface area contributed by atoms with Crippen molar-refractivity contribution in [1.82, 2.24) is 0 Å². The molecule has 0 aliphatic rings. The van der Waals surface area contributed by atoms with Gasteiger partial charge >= 0.3 is 0 Å². The topological polar surface area (TPSA) is 29.1 Å². The average Bonchev–Trinajstić information content (AvgIpc) is 2.34. The van der Waals surface area contributed by atoms with Crippen LogP contribution in [0.5, 0.6) is 0 Å². The maximum Gasteiger partial charge on any atom is 0.257 e. The van der Waals surface area contributed by atoms with Crippen LogP contribution in [0.25, 0.3) is 0 Å². The van der Waals surface area contributed by atoms with E-state index in [1.807, 2.05) is 18.2 Å². The minimum Gasteiger partial charge on any atom is -0.322 e. The molecule has 2 rings (SSSR count). The predicted molar refractivity (Wildman–Crippen MR) is 86.3 cm³/mol. The van der Waals surface area contributed by atoms with Crippen LogP contribution in [0.1, 0.15) is 10.4 Å². The highest BCUT2D eigenvalue weighted by Crippen LogP contribution is 2.23. The van der Waals surface area contributed by atoms with Crippen molar-refractivity contribution in [3.05, 3.63) is 61.1 Å². The molecule has 0 aromatic heterocycles. The zero-order chi connectivity index (χ0) is 13.1. The van der Waals surface area contributed by atoms with E-state index in [0.717, 1.165) is 13.7 Å². The van der Waals surface area contributed by atoms with Gasteiger partial charge in [0.1, 0.15) is 0 Å². The van der Waals surface area contributed by atoms with E-state index < -0.39 is 0 Å². The van der Waals surface area contributed by atoms with Crippen LogP contribution in [-0.4, -0.2) is 5.91 Å². The molecular formula is C13H8BrClINO. The van der Waals surface area contributed by atoms with E-state index in [-0.39, 0.29) is 5.91 Å². The Morgan fingerprint density at radius 2 is 1.94 bits per heavy atom. The van der Waals surface area contributed by atoms with Gasteiger partial charge in [0.2, 0.25) is 0 Å². The zero-order valence-corrected chi connectivity index (χ0v) is 13.6. The fraction of sp³-hybridized carbons (Fsp3) is 0. The van der Waals surface area contributed by atoms with Crippen molar-refractivity contribution in [2.24, 2.45) is 0 Å². The molecule has 2 nitrogen and oxygen atoms in total. The Kier molecular flexibility index (Phi) is 4.64. The lowest BCUT2D eigenvalue weighted by Gasteiger charge is -2.07. The number of benzene rings is 2. The molecule has 0 radical (unpaired) electrons. The fourth-order valence-electron chi connectivity index (χ4n) is 1.42.